The maximum absolute atomic E-state index is 12.7. The monoisotopic (exact) mass is 388 g/mol. The number of nitrogens with zero attached hydrogens (tertiary/aromatic N) is 2. The quantitative estimate of drug-likeness (QED) is 0.652. The van der Waals surface area contributed by atoms with E-state index in [0.717, 1.165) is 26.4 Å². The molecule has 22 heavy (non-hydrogen) atoms. The van der Waals surface area contributed by atoms with Gasteiger partial charge in [0.25, 0.3) is 0 Å². The molecule has 2 aliphatic heterocycles. The van der Waals surface area contributed by atoms with Crippen molar-refractivity contribution in [1.82, 2.24) is 4.90 Å². The van der Waals surface area contributed by atoms with Crippen molar-refractivity contribution < 1.29 is 13.2 Å². The average molecular weight is 389 g/mol. The molecule has 0 fully saturated rings. The molecule has 1 aromatic rings. The fraction of sp³-hybridized carbons (Fsp3) is 0.267. The third-order valence-corrected chi connectivity index (χ3v) is 5.67. The minimum absolute atomic E-state index is 0.401. The van der Waals surface area contributed by atoms with Crippen LogP contribution in [0.2, 0.25) is 0 Å². The Kier molecular flexibility index (Phi) is 4.11. The Hall–Kier alpha value is -1.21. The van der Waals surface area contributed by atoms with E-state index < -0.39 is 11.7 Å². The van der Waals surface area contributed by atoms with Gasteiger partial charge in [0.05, 0.1) is 10.2 Å². The smallest absolute Gasteiger partial charge is 0.310 e. The number of hydrogen-bond acceptors (Lipinski definition) is 3. The van der Waals surface area contributed by atoms with E-state index in [1.54, 1.807) is 17.8 Å². The lowest BCUT2D eigenvalue weighted by atomic mass is 10.1. The summed E-state index contributed by atoms with van der Waals surface area (Å²) in [5.74, 6) is 0. The van der Waals surface area contributed by atoms with Gasteiger partial charge in [0.15, 0.2) is 5.17 Å². The topological polar surface area (TPSA) is 15.6 Å². The number of allylic oxidation sites excluding steroid dienone is 2. The van der Waals surface area contributed by atoms with Gasteiger partial charge in [-0.05, 0) is 40.6 Å². The Morgan fingerprint density at radius 1 is 1.36 bits per heavy atom. The van der Waals surface area contributed by atoms with Crippen LogP contribution in [0.5, 0.6) is 0 Å². The number of halogens is 4. The summed E-state index contributed by atoms with van der Waals surface area (Å²) in [6, 6.07) is 5.41. The van der Waals surface area contributed by atoms with E-state index >= 15 is 0 Å². The molecule has 0 unspecified atom stereocenters. The molecule has 1 aromatic carbocycles. The van der Waals surface area contributed by atoms with Gasteiger partial charge in [-0.15, -0.1) is 0 Å². The number of rotatable bonds is 2. The Bertz CT molecular complexity index is 707. The number of benzene rings is 1. The molecule has 0 atom stereocenters. The van der Waals surface area contributed by atoms with Crippen LogP contribution in [-0.2, 0) is 12.6 Å². The highest BCUT2D eigenvalue weighted by molar-refractivity contribution is 9.11. The summed E-state index contributed by atoms with van der Waals surface area (Å²) in [6.07, 6.45) is -1.96. The van der Waals surface area contributed by atoms with E-state index in [1.807, 2.05) is 17.9 Å². The van der Waals surface area contributed by atoms with Crippen LogP contribution in [0.3, 0.4) is 0 Å². The molecule has 0 saturated carbocycles. The molecular weight excluding hydrogens is 377 g/mol. The van der Waals surface area contributed by atoms with Crippen LogP contribution in [-0.4, -0.2) is 16.6 Å². The molecule has 116 valence electrons. The summed E-state index contributed by atoms with van der Waals surface area (Å²) in [5, 5.41) is 0.869. The normalized spacial score (nSPS) is 18.3. The standard InChI is InChI=1S/C15H12BrF3N2S/c1-9-13(16)21-6-5-12(20-14(21)22-9)8-10-3-2-4-11(7-10)15(17,18)19/h2-5,7H,6,8H2,1H3. The van der Waals surface area contributed by atoms with E-state index in [-0.39, 0.29) is 0 Å². The van der Waals surface area contributed by atoms with Crippen molar-refractivity contribution in [3.05, 3.63) is 56.7 Å². The van der Waals surface area contributed by atoms with Gasteiger partial charge in [0, 0.05) is 23.6 Å². The fourth-order valence-corrected chi connectivity index (χ4v) is 3.87. The number of aliphatic imine (C=N–C) groups is 1. The zero-order valence-corrected chi connectivity index (χ0v) is 14.0. The number of thioether (sulfide) groups is 1. The minimum Gasteiger partial charge on any atom is -0.310 e. The first-order valence-corrected chi connectivity index (χ1v) is 8.21. The SMILES string of the molecule is CC1=C(Br)N2CC=C(Cc3cccc(C(F)(F)F)c3)N=C2S1. The lowest BCUT2D eigenvalue weighted by molar-refractivity contribution is -0.137. The fourth-order valence-electron chi connectivity index (χ4n) is 2.29. The van der Waals surface area contributed by atoms with Crippen LogP contribution in [0.25, 0.3) is 0 Å². The van der Waals surface area contributed by atoms with Crippen molar-refractivity contribution in [2.75, 3.05) is 6.54 Å². The second-order valence-corrected chi connectivity index (χ2v) is 6.96. The predicted octanol–water partition coefficient (Wildman–Crippen LogP) is 5.13. The zero-order chi connectivity index (χ0) is 15.9. The van der Waals surface area contributed by atoms with Crippen LogP contribution < -0.4 is 0 Å². The van der Waals surface area contributed by atoms with Crippen molar-refractivity contribution in [3.63, 3.8) is 0 Å². The van der Waals surface area contributed by atoms with Crippen molar-refractivity contribution in [1.29, 1.82) is 0 Å². The van der Waals surface area contributed by atoms with Crippen molar-refractivity contribution >= 4 is 32.9 Å². The molecule has 0 N–H and O–H groups in total. The maximum atomic E-state index is 12.7. The average Bonchev–Trinajstić information content (AvgIpc) is 2.73. The summed E-state index contributed by atoms with van der Waals surface area (Å²) in [5.41, 5.74) is 0.796. The molecule has 0 aliphatic carbocycles. The lowest BCUT2D eigenvalue weighted by Gasteiger charge is -2.22. The zero-order valence-electron chi connectivity index (χ0n) is 11.6. The number of hydrogen-bond donors (Lipinski definition) is 0. The first kappa shape index (κ1) is 15.7. The Balaban J connectivity index is 1.78. The predicted molar refractivity (Wildman–Crippen MR) is 86.6 cm³/mol. The number of alkyl halides is 3. The Morgan fingerprint density at radius 3 is 2.86 bits per heavy atom. The van der Waals surface area contributed by atoms with Gasteiger partial charge in [-0.1, -0.05) is 30.0 Å². The highest BCUT2D eigenvalue weighted by Gasteiger charge is 2.31. The van der Waals surface area contributed by atoms with Crippen LogP contribution in [0, 0.1) is 0 Å². The molecule has 2 nitrogen and oxygen atoms in total. The van der Waals surface area contributed by atoms with E-state index in [1.165, 1.54) is 12.1 Å². The molecule has 0 amide bonds. The second kappa shape index (κ2) is 5.77. The van der Waals surface area contributed by atoms with Gasteiger partial charge in [0.1, 0.15) is 0 Å². The summed E-state index contributed by atoms with van der Waals surface area (Å²) in [7, 11) is 0. The highest BCUT2D eigenvalue weighted by atomic mass is 79.9. The van der Waals surface area contributed by atoms with Crippen molar-refractivity contribution in [2.45, 2.75) is 19.5 Å². The van der Waals surface area contributed by atoms with Crippen LogP contribution >= 0.6 is 27.7 Å². The van der Waals surface area contributed by atoms with Gasteiger partial charge < -0.3 is 4.90 Å². The van der Waals surface area contributed by atoms with E-state index in [0.29, 0.717) is 18.5 Å². The summed E-state index contributed by atoms with van der Waals surface area (Å²) in [6.45, 7) is 2.68. The summed E-state index contributed by atoms with van der Waals surface area (Å²) in [4.78, 5) is 7.71. The molecule has 2 heterocycles. The van der Waals surface area contributed by atoms with Gasteiger partial charge >= 0.3 is 6.18 Å². The highest BCUT2D eigenvalue weighted by Crippen LogP contribution is 2.39. The van der Waals surface area contributed by atoms with Crippen LogP contribution in [0.4, 0.5) is 13.2 Å². The minimum atomic E-state index is -4.31. The molecule has 0 radical (unpaired) electrons. The number of amidine groups is 1. The Labute approximate surface area is 138 Å². The largest absolute Gasteiger partial charge is 0.416 e. The molecule has 0 aromatic heterocycles. The first-order valence-electron chi connectivity index (χ1n) is 6.60. The van der Waals surface area contributed by atoms with Gasteiger partial charge in [0.2, 0.25) is 0 Å². The molecule has 0 spiro atoms. The summed E-state index contributed by atoms with van der Waals surface area (Å²) < 4.78 is 39.2. The molecule has 3 rings (SSSR count). The van der Waals surface area contributed by atoms with E-state index in [2.05, 4.69) is 20.9 Å². The van der Waals surface area contributed by atoms with Gasteiger partial charge in [-0.25, -0.2) is 4.99 Å². The molecule has 7 heteroatoms. The second-order valence-electron chi connectivity index (χ2n) is 5.02. The van der Waals surface area contributed by atoms with Crippen LogP contribution in [0.15, 0.2) is 50.5 Å². The van der Waals surface area contributed by atoms with Crippen molar-refractivity contribution in [2.24, 2.45) is 4.99 Å². The third-order valence-electron chi connectivity index (χ3n) is 3.39. The Morgan fingerprint density at radius 2 is 2.14 bits per heavy atom. The lowest BCUT2D eigenvalue weighted by Crippen LogP contribution is -2.25. The van der Waals surface area contributed by atoms with E-state index in [4.69, 9.17) is 0 Å². The van der Waals surface area contributed by atoms with E-state index in [9.17, 15) is 13.2 Å². The number of fused-ring (bicyclic) bond motifs is 1. The van der Waals surface area contributed by atoms with Crippen molar-refractivity contribution in [3.8, 4) is 0 Å². The van der Waals surface area contributed by atoms with Crippen LogP contribution in [0.1, 0.15) is 18.1 Å². The molecular formula is C15H12BrF3N2S. The third kappa shape index (κ3) is 3.10. The summed E-state index contributed by atoms with van der Waals surface area (Å²) >= 11 is 5.08. The van der Waals surface area contributed by atoms with Gasteiger partial charge in [-0.3, -0.25) is 0 Å². The van der Waals surface area contributed by atoms with Gasteiger partial charge in [-0.2, -0.15) is 13.2 Å². The molecule has 0 saturated heterocycles. The maximum Gasteiger partial charge on any atom is 0.416 e. The first-order chi connectivity index (χ1) is 10.3. The molecule has 2 aliphatic rings. The molecule has 0 bridgehead atoms.